The number of anilines is 1. The van der Waals surface area contributed by atoms with Crippen LogP contribution < -0.4 is 25.6 Å². The maximum absolute atomic E-state index is 12.6. The Hall–Kier alpha value is -2.90. The van der Waals surface area contributed by atoms with Crippen molar-refractivity contribution in [2.45, 2.75) is 37.6 Å². The molecule has 0 radical (unpaired) electrons. The third-order valence-corrected chi connectivity index (χ3v) is 6.94. The highest BCUT2D eigenvalue weighted by Crippen LogP contribution is 2.22. The number of nitrogens with one attached hydrogen (secondary N) is 3. The molecule has 0 aliphatic carbocycles. The van der Waals surface area contributed by atoms with Crippen LogP contribution in [0, 0.1) is 0 Å². The van der Waals surface area contributed by atoms with Gasteiger partial charge in [0, 0.05) is 5.69 Å². The minimum Gasteiger partial charge on any atom is -0.457 e. The molecule has 2 aliphatic heterocycles. The molecule has 2 aliphatic rings. The number of hydrogen-bond donors (Lipinski definition) is 4. The van der Waals surface area contributed by atoms with Crippen LogP contribution in [0.3, 0.4) is 0 Å². The van der Waals surface area contributed by atoms with E-state index < -0.39 is 5.54 Å². The summed E-state index contributed by atoms with van der Waals surface area (Å²) in [5, 5.41) is 2.97. The number of carbonyl (C=O) groups excluding carboxylic acids is 2. The summed E-state index contributed by atoms with van der Waals surface area (Å²) in [4.78, 5) is 27.6. The first-order chi connectivity index (χ1) is 15.5. The van der Waals surface area contributed by atoms with Gasteiger partial charge >= 0.3 is 0 Å². The van der Waals surface area contributed by atoms with Gasteiger partial charge in [-0.3, -0.25) is 9.59 Å². The Morgan fingerprint density at radius 3 is 2.12 bits per heavy atom. The molecule has 2 aromatic carbocycles. The minimum atomic E-state index is -0.449. The molecule has 2 amide bonds. The molecule has 4 rings (SSSR count). The van der Waals surface area contributed by atoms with E-state index in [1.165, 1.54) is 29.1 Å². The second-order valence-electron chi connectivity index (χ2n) is 9.03. The number of benzene rings is 2. The molecule has 2 heterocycles. The van der Waals surface area contributed by atoms with Gasteiger partial charge in [-0.1, -0.05) is 18.2 Å². The number of hydrogen-bond acceptors (Lipinski definition) is 3. The molecule has 2 fully saturated rings. The topological polar surface area (TPSA) is 90.3 Å². The van der Waals surface area contributed by atoms with E-state index in [4.69, 9.17) is 10.5 Å². The molecule has 0 spiro atoms. The van der Waals surface area contributed by atoms with Crippen molar-refractivity contribution in [2.24, 2.45) is 5.73 Å². The summed E-state index contributed by atoms with van der Waals surface area (Å²) in [7, 11) is 0. The fourth-order valence-corrected chi connectivity index (χ4v) is 5.10. The van der Waals surface area contributed by atoms with Crippen LogP contribution in [0.4, 0.5) is 5.69 Å². The molecular formula is C25H34N4O3+2. The molecule has 0 saturated carbocycles. The van der Waals surface area contributed by atoms with Crippen LogP contribution in [0.2, 0.25) is 0 Å². The van der Waals surface area contributed by atoms with Crippen LogP contribution >= 0.6 is 0 Å². The zero-order chi connectivity index (χ0) is 22.4. The van der Waals surface area contributed by atoms with Gasteiger partial charge in [0.05, 0.1) is 39.0 Å². The number of likely N-dealkylation sites (tertiary alicyclic amines) is 2. The fraction of sp³-hybridized carbons (Fsp3) is 0.440. The molecular weight excluding hydrogens is 404 g/mol. The highest BCUT2D eigenvalue weighted by Gasteiger charge is 2.50. The van der Waals surface area contributed by atoms with Crippen molar-refractivity contribution in [2.75, 3.05) is 38.0 Å². The summed E-state index contributed by atoms with van der Waals surface area (Å²) in [6.45, 7) is 4.05. The van der Waals surface area contributed by atoms with E-state index in [0.29, 0.717) is 6.54 Å². The number of nitrogens with two attached hydrogens (primary N) is 1. The van der Waals surface area contributed by atoms with E-state index in [-0.39, 0.29) is 11.8 Å². The maximum Gasteiger partial charge on any atom is 0.279 e. The van der Waals surface area contributed by atoms with Crippen molar-refractivity contribution in [3.8, 4) is 11.5 Å². The third kappa shape index (κ3) is 5.29. The van der Waals surface area contributed by atoms with Gasteiger partial charge in [0.25, 0.3) is 11.8 Å². The molecule has 7 heteroatoms. The molecule has 0 unspecified atom stereocenters. The van der Waals surface area contributed by atoms with Crippen LogP contribution in [0.5, 0.6) is 11.5 Å². The number of para-hydroxylation sites is 1. The van der Waals surface area contributed by atoms with E-state index in [9.17, 15) is 9.59 Å². The van der Waals surface area contributed by atoms with Crippen molar-refractivity contribution in [1.82, 2.24) is 0 Å². The molecule has 0 atom stereocenters. The van der Waals surface area contributed by atoms with Gasteiger partial charge in [-0.15, -0.1) is 0 Å². The smallest absolute Gasteiger partial charge is 0.279 e. The van der Waals surface area contributed by atoms with Crippen LogP contribution in [0.15, 0.2) is 54.6 Å². The van der Waals surface area contributed by atoms with E-state index in [0.717, 1.165) is 56.2 Å². The zero-order valence-electron chi connectivity index (χ0n) is 18.6. The second-order valence-corrected chi connectivity index (χ2v) is 9.03. The largest absolute Gasteiger partial charge is 0.457 e. The summed E-state index contributed by atoms with van der Waals surface area (Å²) in [5.41, 5.74) is 6.18. The molecule has 2 saturated heterocycles. The van der Waals surface area contributed by atoms with E-state index in [2.05, 4.69) is 5.32 Å². The lowest BCUT2D eigenvalue weighted by Crippen LogP contribution is -3.26. The molecule has 2 aromatic rings. The van der Waals surface area contributed by atoms with Crippen molar-refractivity contribution < 1.29 is 24.1 Å². The number of carbonyl (C=O) groups is 2. The maximum atomic E-state index is 12.6. The summed E-state index contributed by atoms with van der Waals surface area (Å²) in [6, 6.07) is 17.0. The third-order valence-electron chi connectivity index (χ3n) is 6.94. The second kappa shape index (κ2) is 10.1. The number of amides is 2. The zero-order valence-corrected chi connectivity index (χ0v) is 18.6. The highest BCUT2D eigenvalue weighted by atomic mass is 16.5. The quantitative estimate of drug-likeness (QED) is 0.504. The lowest BCUT2D eigenvalue weighted by Gasteiger charge is -2.43. The minimum absolute atomic E-state index is 0.0198. The van der Waals surface area contributed by atoms with Gasteiger partial charge in [0.15, 0.2) is 12.1 Å². The Morgan fingerprint density at radius 1 is 0.875 bits per heavy atom. The lowest BCUT2D eigenvalue weighted by atomic mass is 9.83. The summed E-state index contributed by atoms with van der Waals surface area (Å²) < 4.78 is 5.79. The Morgan fingerprint density at radius 2 is 1.50 bits per heavy atom. The van der Waals surface area contributed by atoms with Crippen molar-refractivity contribution in [1.29, 1.82) is 0 Å². The average Bonchev–Trinajstić information content (AvgIpc) is 2.82. The Kier molecular flexibility index (Phi) is 7.07. The molecule has 7 nitrogen and oxygen atoms in total. The van der Waals surface area contributed by atoms with Gasteiger partial charge in [0.1, 0.15) is 11.5 Å². The van der Waals surface area contributed by atoms with Crippen molar-refractivity contribution in [3.05, 3.63) is 54.6 Å². The number of ether oxygens (including phenoxy) is 1. The van der Waals surface area contributed by atoms with Crippen LogP contribution in [0.25, 0.3) is 0 Å². The standard InChI is InChI=1S/C25H32N4O3/c26-24(31)25(29-15-5-2-6-16-29)13-17-28(18-14-25)19-23(30)27-20-9-11-22(12-10-20)32-21-7-3-1-4-8-21/h1,3-4,7-12H,2,5-6,13-19H2,(H2,26,31)(H,27,30)/p+2. The Bertz CT molecular complexity index is 903. The highest BCUT2D eigenvalue weighted by molar-refractivity contribution is 5.91. The molecule has 170 valence electrons. The number of piperidine rings is 2. The van der Waals surface area contributed by atoms with Crippen LogP contribution in [-0.2, 0) is 9.59 Å². The summed E-state index contributed by atoms with van der Waals surface area (Å²) in [6.07, 6.45) is 5.09. The van der Waals surface area contributed by atoms with E-state index >= 15 is 0 Å². The van der Waals surface area contributed by atoms with Gasteiger partial charge in [-0.2, -0.15) is 0 Å². The Labute approximate surface area is 189 Å². The van der Waals surface area contributed by atoms with Crippen LogP contribution in [-0.4, -0.2) is 50.1 Å². The fourth-order valence-electron chi connectivity index (χ4n) is 5.10. The summed E-state index contributed by atoms with van der Waals surface area (Å²) >= 11 is 0. The predicted molar refractivity (Wildman–Crippen MR) is 123 cm³/mol. The predicted octanol–water partition coefficient (Wildman–Crippen LogP) is 0.389. The van der Waals surface area contributed by atoms with Crippen LogP contribution in [0.1, 0.15) is 32.1 Å². The lowest BCUT2D eigenvalue weighted by molar-refractivity contribution is -0.972. The van der Waals surface area contributed by atoms with Gasteiger partial charge in [-0.25, -0.2) is 0 Å². The summed E-state index contributed by atoms with van der Waals surface area (Å²) in [5.74, 6) is 1.31. The molecule has 5 N–H and O–H groups in total. The molecule has 32 heavy (non-hydrogen) atoms. The van der Waals surface area contributed by atoms with Crippen molar-refractivity contribution in [3.63, 3.8) is 0 Å². The SMILES string of the molecule is NC(=O)C1([NH+]2CCCCC2)CC[NH+](CC(=O)Nc2ccc(Oc3ccccc3)cc2)CC1. The van der Waals surface area contributed by atoms with Crippen molar-refractivity contribution >= 4 is 17.5 Å². The first-order valence-corrected chi connectivity index (χ1v) is 11.7. The normalized spacial score (nSPS) is 23.9. The number of primary amides is 1. The van der Waals surface area contributed by atoms with E-state index in [1.807, 2.05) is 54.6 Å². The molecule has 0 aromatic heterocycles. The van der Waals surface area contributed by atoms with E-state index in [1.54, 1.807) is 0 Å². The number of rotatable bonds is 7. The Balaban J connectivity index is 1.27. The van der Waals surface area contributed by atoms with Gasteiger partial charge in [-0.05, 0) is 55.7 Å². The van der Waals surface area contributed by atoms with Gasteiger partial charge in [0.2, 0.25) is 0 Å². The van der Waals surface area contributed by atoms with Gasteiger partial charge < -0.3 is 25.6 Å². The number of quaternary nitrogens is 2. The molecule has 0 bridgehead atoms. The average molecular weight is 439 g/mol. The first kappa shape index (κ1) is 22.3. The monoisotopic (exact) mass is 438 g/mol. The first-order valence-electron chi connectivity index (χ1n) is 11.7.